The lowest BCUT2D eigenvalue weighted by Gasteiger charge is -2.12. The molecule has 1 aliphatic heterocycles. The van der Waals surface area contributed by atoms with E-state index in [1.54, 1.807) is 13.3 Å². The number of rotatable bonds is 5. The zero-order chi connectivity index (χ0) is 12.3. The van der Waals surface area contributed by atoms with Crippen LogP contribution in [0.4, 0.5) is 0 Å². The standard InChI is InChI=1S/C10H15N3O3S/c1-16-4-3-12-6-8(9(7-12)13(14)15)10-11-2-5-17-10/h2,5,8-9H,3-4,6-7H2,1H3/t8-,9-/m0/s1. The van der Waals surface area contributed by atoms with Gasteiger partial charge in [0.25, 0.3) is 0 Å². The SMILES string of the molecule is COCCN1C[C@H](c2nccs2)[C@@H]([N+](=O)[O-])C1. The molecule has 0 radical (unpaired) electrons. The molecule has 2 heterocycles. The molecule has 0 aliphatic carbocycles. The van der Waals surface area contributed by atoms with Gasteiger partial charge in [0.15, 0.2) is 0 Å². The van der Waals surface area contributed by atoms with Crippen molar-refractivity contribution in [3.63, 3.8) is 0 Å². The van der Waals surface area contributed by atoms with E-state index in [1.165, 1.54) is 11.3 Å². The summed E-state index contributed by atoms with van der Waals surface area (Å²) in [7, 11) is 1.64. The molecule has 94 valence electrons. The molecule has 0 aromatic carbocycles. The third kappa shape index (κ3) is 2.80. The van der Waals surface area contributed by atoms with Gasteiger partial charge >= 0.3 is 0 Å². The molecule has 0 saturated carbocycles. The Kier molecular flexibility index (Phi) is 4.03. The van der Waals surface area contributed by atoms with E-state index in [0.29, 0.717) is 19.7 Å². The lowest BCUT2D eigenvalue weighted by molar-refractivity contribution is -0.521. The van der Waals surface area contributed by atoms with E-state index in [-0.39, 0.29) is 10.8 Å². The molecule has 1 fully saturated rings. The van der Waals surface area contributed by atoms with Crippen LogP contribution in [0.3, 0.4) is 0 Å². The number of aromatic nitrogens is 1. The van der Waals surface area contributed by atoms with Crippen molar-refractivity contribution in [1.82, 2.24) is 9.88 Å². The van der Waals surface area contributed by atoms with Gasteiger partial charge in [0.05, 0.1) is 19.1 Å². The fourth-order valence-electron chi connectivity index (χ4n) is 2.14. The van der Waals surface area contributed by atoms with Gasteiger partial charge in [-0.1, -0.05) is 0 Å². The number of thiazole rings is 1. The van der Waals surface area contributed by atoms with Gasteiger partial charge in [0, 0.05) is 36.7 Å². The van der Waals surface area contributed by atoms with Crippen LogP contribution in [0.2, 0.25) is 0 Å². The summed E-state index contributed by atoms with van der Waals surface area (Å²) in [5.41, 5.74) is 0. The molecule has 6 nitrogen and oxygen atoms in total. The van der Waals surface area contributed by atoms with Crippen molar-refractivity contribution in [3.05, 3.63) is 26.7 Å². The molecule has 1 aromatic rings. The lowest BCUT2D eigenvalue weighted by atomic mass is 10.1. The zero-order valence-corrected chi connectivity index (χ0v) is 10.4. The predicted octanol–water partition coefficient (Wildman–Crippen LogP) is 0.834. The molecule has 2 rings (SSSR count). The molecular weight excluding hydrogens is 242 g/mol. The summed E-state index contributed by atoms with van der Waals surface area (Å²) in [5, 5.41) is 13.8. The number of nitrogens with zero attached hydrogens (tertiary/aromatic N) is 3. The zero-order valence-electron chi connectivity index (χ0n) is 9.61. The van der Waals surface area contributed by atoms with E-state index in [9.17, 15) is 10.1 Å². The molecule has 1 aliphatic rings. The summed E-state index contributed by atoms with van der Waals surface area (Å²) in [5.74, 6) is -0.0816. The minimum Gasteiger partial charge on any atom is -0.383 e. The van der Waals surface area contributed by atoms with Crippen molar-refractivity contribution in [3.8, 4) is 0 Å². The molecule has 0 bridgehead atoms. The van der Waals surface area contributed by atoms with Gasteiger partial charge in [-0.25, -0.2) is 4.98 Å². The molecular formula is C10H15N3O3S. The maximum atomic E-state index is 11.1. The van der Waals surface area contributed by atoms with E-state index in [0.717, 1.165) is 11.6 Å². The van der Waals surface area contributed by atoms with Crippen molar-refractivity contribution in [1.29, 1.82) is 0 Å². The van der Waals surface area contributed by atoms with Gasteiger partial charge in [-0.15, -0.1) is 11.3 Å². The van der Waals surface area contributed by atoms with Crippen LogP contribution in [0.5, 0.6) is 0 Å². The first-order valence-corrected chi connectivity index (χ1v) is 6.34. The van der Waals surface area contributed by atoms with Crippen LogP contribution in [0.25, 0.3) is 0 Å². The van der Waals surface area contributed by atoms with E-state index < -0.39 is 6.04 Å². The molecule has 2 atom stereocenters. The summed E-state index contributed by atoms with van der Waals surface area (Å²) < 4.78 is 5.00. The number of hydrogen-bond donors (Lipinski definition) is 0. The maximum Gasteiger partial charge on any atom is 0.235 e. The van der Waals surface area contributed by atoms with Gasteiger partial charge in [-0.3, -0.25) is 15.0 Å². The number of hydrogen-bond acceptors (Lipinski definition) is 6. The number of likely N-dealkylation sites (tertiary alicyclic amines) is 1. The maximum absolute atomic E-state index is 11.1. The third-order valence-electron chi connectivity index (χ3n) is 3.02. The smallest absolute Gasteiger partial charge is 0.235 e. The highest BCUT2D eigenvalue weighted by molar-refractivity contribution is 7.09. The molecule has 17 heavy (non-hydrogen) atoms. The highest BCUT2D eigenvalue weighted by Gasteiger charge is 2.42. The van der Waals surface area contributed by atoms with Gasteiger partial charge in [0.2, 0.25) is 6.04 Å². The van der Waals surface area contributed by atoms with E-state index in [1.807, 2.05) is 5.38 Å². The Balaban J connectivity index is 2.06. The molecule has 0 unspecified atom stereocenters. The molecule has 1 aromatic heterocycles. The lowest BCUT2D eigenvalue weighted by Crippen LogP contribution is -2.29. The van der Waals surface area contributed by atoms with Crippen molar-refractivity contribution >= 4 is 11.3 Å². The van der Waals surface area contributed by atoms with Crippen molar-refractivity contribution < 1.29 is 9.66 Å². The molecule has 7 heteroatoms. The van der Waals surface area contributed by atoms with Gasteiger partial charge in [-0.05, 0) is 0 Å². The van der Waals surface area contributed by atoms with Crippen molar-refractivity contribution in [2.75, 3.05) is 33.4 Å². The summed E-state index contributed by atoms with van der Waals surface area (Å²) >= 11 is 1.49. The Morgan fingerprint density at radius 2 is 2.53 bits per heavy atom. The van der Waals surface area contributed by atoms with E-state index in [2.05, 4.69) is 9.88 Å². The quantitative estimate of drug-likeness (QED) is 0.577. The summed E-state index contributed by atoms with van der Waals surface area (Å²) in [6, 6.07) is -0.544. The molecule has 0 amide bonds. The van der Waals surface area contributed by atoms with Crippen LogP contribution in [-0.4, -0.2) is 54.2 Å². The second kappa shape index (κ2) is 5.52. The summed E-state index contributed by atoms with van der Waals surface area (Å²) in [6.07, 6.45) is 1.70. The monoisotopic (exact) mass is 257 g/mol. The number of ether oxygens (including phenoxy) is 1. The van der Waals surface area contributed by atoms with Gasteiger partial charge in [0.1, 0.15) is 5.01 Å². The summed E-state index contributed by atoms with van der Waals surface area (Å²) in [6.45, 7) is 2.53. The fourth-order valence-corrected chi connectivity index (χ4v) is 2.93. The van der Waals surface area contributed by atoms with Crippen molar-refractivity contribution in [2.45, 2.75) is 12.0 Å². The third-order valence-corrected chi connectivity index (χ3v) is 3.92. The minimum absolute atomic E-state index is 0.0816. The average Bonchev–Trinajstić information content (AvgIpc) is 2.94. The number of nitro groups is 1. The van der Waals surface area contributed by atoms with Crippen LogP contribution < -0.4 is 0 Å². The first kappa shape index (κ1) is 12.4. The van der Waals surface area contributed by atoms with Gasteiger partial charge < -0.3 is 4.74 Å². The summed E-state index contributed by atoms with van der Waals surface area (Å²) in [4.78, 5) is 17.1. The minimum atomic E-state index is -0.544. The van der Waals surface area contributed by atoms with Crippen LogP contribution in [0, 0.1) is 10.1 Å². The molecule has 0 spiro atoms. The Hall–Kier alpha value is -1.05. The van der Waals surface area contributed by atoms with Crippen LogP contribution in [-0.2, 0) is 4.74 Å². The Labute approximate surface area is 103 Å². The fraction of sp³-hybridized carbons (Fsp3) is 0.700. The van der Waals surface area contributed by atoms with E-state index >= 15 is 0 Å². The average molecular weight is 257 g/mol. The largest absolute Gasteiger partial charge is 0.383 e. The Bertz CT molecular complexity index is 371. The Morgan fingerprint density at radius 3 is 3.12 bits per heavy atom. The number of methoxy groups -OCH3 is 1. The highest BCUT2D eigenvalue weighted by Crippen LogP contribution is 2.30. The first-order valence-electron chi connectivity index (χ1n) is 5.46. The molecule has 0 N–H and O–H groups in total. The van der Waals surface area contributed by atoms with Crippen LogP contribution >= 0.6 is 11.3 Å². The normalized spacial score (nSPS) is 25.2. The van der Waals surface area contributed by atoms with Crippen LogP contribution in [0.15, 0.2) is 11.6 Å². The van der Waals surface area contributed by atoms with Crippen LogP contribution in [0.1, 0.15) is 10.9 Å². The second-order valence-electron chi connectivity index (χ2n) is 4.08. The van der Waals surface area contributed by atoms with E-state index in [4.69, 9.17) is 4.74 Å². The predicted molar refractivity (Wildman–Crippen MR) is 64.0 cm³/mol. The highest BCUT2D eigenvalue weighted by atomic mass is 32.1. The second-order valence-corrected chi connectivity index (χ2v) is 5.01. The first-order chi connectivity index (χ1) is 8.22. The Morgan fingerprint density at radius 1 is 1.71 bits per heavy atom. The van der Waals surface area contributed by atoms with Gasteiger partial charge in [-0.2, -0.15) is 0 Å². The topological polar surface area (TPSA) is 68.5 Å². The molecule has 1 saturated heterocycles. The van der Waals surface area contributed by atoms with Crippen molar-refractivity contribution in [2.24, 2.45) is 0 Å².